The van der Waals surface area contributed by atoms with Gasteiger partial charge >= 0.3 is 11.8 Å². The zero-order valence-corrected chi connectivity index (χ0v) is 17.8. The van der Waals surface area contributed by atoms with Crippen molar-refractivity contribution >= 4 is 11.8 Å². The molecule has 0 radical (unpaired) electrons. The molecule has 1 heterocycles. The molecule has 1 aliphatic rings. The lowest BCUT2D eigenvalue weighted by Gasteiger charge is -2.36. The van der Waals surface area contributed by atoms with E-state index < -0.39 is 11.8 Å². The van der Waals surface area contributed by atoms with Gasteiger partial charge in [0.05, 0.1) is 6.33 Å². The van der Waals surface area contributed by atoms with E-state index in [-0.39, 0.29) is 12.1 Å². The summed E-state index contributed by atoms with van der Waals surface area (Å²) in [7, 11) is 4.04. The number of amides is 2. The van der Waals surface area contributed by atoms with E-state index in [9.17, 15) is 9.59 Å². The van der Waals surface area contributed by atoms with Crippen molar-refractivity contribution in [1.29, 1.82) is 0 Å². The molecule has 2 amide bonds. The first kappa shape index (κ1) is 20.8. The van der Waals surface area contributed by atoms with Crippen LogP contribution in [0.15, 0.2) is 67.3 Å². The topological polar surface area (TPSA) is 79.3 Å². The van der Waals surface area contributed by atoms with Gasteiger partial charge in [-0.05, 0) is 55.8 Å². The summed E-state index contributed by atoms with van der Waals surface area (Å²) in [5, 5.41) is 5.56. The predicted molar refractivity (Wildman–Crippen MR) is 119 cm³/mol. The van der Waals surface area contributed by atoms with Gasteiger partial charge in [-0.3, -0.25) is 9.59 Å². The van der Waals surface area contributed by atoms with Crippen molar-refractivity contribution in [2.45, 2.75) is 24.9 Å². The summed E-state index contributed by atoms with van der Waals surface area (Å²) in [6.07, 6.45) is 6.97. The standard InChI is InChI=1S/C24H27N5O2/c1-28(2)24(13-19-7-3-4-8-20(19)14-24)16-27-23(31)22(30)26-15-18-6-5-9-21(12-18)29-11-10-25-17-29/h3-12,17H,13-16H2,1-2H3,(H,26,30)(H,27,31). The molecule has 1 aliphatic carbocycles. The summed E-state index contributed by atoms with van der Waals surface area (Å²) >= 11 is 0. The average Bonchev–Trinajstić information content (AvgIpc) is 3.44. The Morgan fingerprint density at radius 2 is 1.74 bits per heavy atom. The van der Waals surface area contributed by atoms with Gasteiger partial charge in [-0.2, -0.15) is 0 Å². The van der Waals surface area contributed by atoms with Crippen molar-refractivity contribution in [2.24, 2.45) is 0 Å². The van der Waals surface area contributed by atoms with Gasteiger partial charge in [-0.15, -0.1) is 0 Å². The Morgan fingerprint density at radius 3 is 2.39 bits per heavy atom. The van der Waals surface area contributed by atoms with Gasteiger partial charge in [0.2, 0.25) is 0 Å². The van der Waals surface area contributed by atoms with Gasteiger partial charge in [0.15, 0.2) is 0 Å². The van der Waals surface area contributed by atoms with Crippen LogP contribution in [0.5, 0.6) is 0 Å². The van der Waals surface area contributed by atoms with Crippen LogP contribution in [0.2, 0.25) is 0 Å². The Morgan fingerprint density at radius 1 is 1.03 bits per heavy atom. The first-order chi connectivity index (χ1) is 15.0. The fourth-order valence-corrected chi connectivity index (χ4v) is 4.10. The van der Waals surface area contributed by atoms with Crippen molar-refractivity contribution in [3.8, 4) is 5.69 Å². The number of hydrogen-bond acceptors (Lipinski definition) is 4. The van der Waals surface area contributed by atoms with Crippen LogP contribution < -0.4 is 10.6 Å². The van der Waals surface area contributed by atoms with Gasteiger partial charge in [-0.1, -0.05) is 36.4 Å². The highest BCUT2D eigenvalue weighted by atomic mass is 16.2. The molecule has 0 saturated carbocycles. The molecule has 0 aliphatic heterocycles. The van der Waals surface area contributed by atoms with Crippen LogP contribution in [0.4, 0.5) is 0 Å². The molecular weight excluding hydrogens is 390 g/mol. The number of carbonyl (C=O) groups is 2. The summed E-state index contributed by atoms with van der Waals surface area (Å²) in [4.78, 5) is 31.0. The van der Waals surface area contributed by atoms with Crippen LogP contribution in [0.25, 0.3) is 5.69 Å². The monoisotopic (exact) mass is 417 g/mol. The second-order valence-corrected chi connectivity index (χ2v) is 8.25. The molecule has 0 atom stereocenters. The second kappa shape index (κ2) is 8.73. The molecule has 0 spiro atoms. The maximum atomic E-state index is 12.5. The lowest BCUT2D eigenvalue weighted by atomic mass is 9.94. The number of nitrogens with one attached hydrogen (secondary N) is 2. The Balaban J connectivity index is 1.33. The largest absolute Gasteiger partial charge is 0.346 e. The van der Waals surface area contributed by atoms with Crippen LogP contribution in [0.3, 0.4) is 0 Å². The molecule has 1 aromatic heterocycles. The number of aromatic nitrogens is 2. The number of carbonyl (C=O) groups excluding carboxylic acids is 2. The Labute approximate surface area is 182 Å². The van der Waals surface area contributed by atoms with E-state index >= 15 is 0 Å². The molecule has 0 saturated heterocycles. The molecule has 31 heavy (non-hydrogen) atoms. The van der Waals surface area contributed by atoms with Crippen molar-refractivity contribution in [3.63, 3.8) is 0 Å². The minimum absolute atomic E-state index is 0.223. The zero-order chi connectivity index (χ0) is 21.8. The average molecular weight is 418 g/mol. The Hall–Kier alpha value is -3.45. The van der Waals surface area contributed by atoms with Gasteiger partial charge in [0.1, 0.15) is 0 Å². The highest BCUT2D eigenvalue weighted by molar-refractivity contribution is 6.35. The van der Waals surface area contributed by atoms with Gasteiger partial charge < -0.3 is 20.1 Å². The Bertz CT molecular complexity index is 1050. The van der Waals surface area contributed by atoms with Crippen molar-refractivity contribution in [3.05, 3.63) is 83.9 Å². The lowest BCUT2D eigenvalue weighted by Crippen LogP contribution is -2.55. The highest BCUT2D eigenvalue weighted by Crippen LogP contribution is 2.32. The third-order valence-electron chi connectivity index (χ3n) is 6.06. The van der Waals surface area contributed by atoms with E-state index in [0.717, 1.165) is 24.1 Å². The molecule has 2 N–H and O–H groups in total. The predicted octanol–water partition coefficient (Wildman–Crippen LogP) is 1.70. The molecule has 0 unspecified atom stereocenters. The number of fused-ring (bicyclic) bond motifs is 1. The maximum absolute atomic E-state index is 12.5. The van der Waals surface area contributed by atoms with E-state index in [4.69, 9.17) is 0 Å². The highest BCUT2D eigenvalue weighted by Gasteiger charge is 2.39. The van der Waals surface area contributed by atoms with Gasteiger partial charge in [0.25, 0.3) is 0 Å². The van der Waals surface area contributed by atoms with Gasteiger partial charge in [0, 0.05) is 36.7 Å². The SMILES string of the molecule is CN(C)C1(CNC(=O)C(=O)NCc2cccc(-n3ccnc3)c2)Cc2ccccc2C1. The quantitative estimate of drug-likeness (QED) is 0.599. The van der Waals surface area contributed by atoms with Crippen LogP contribution in [0, 0.1) is 0 Å². The number of benzene rings is 2. The number of rotatable bonds is 6. The van der Waals surface area contributed by atoms with Crippen molar-refractivity contribution in [1.82, 2.24) is 25.1 Å². The van der Waals surface area contributed by atoms with Crippen molar-refractivity contribution < 1.29 is 9.59 Å². The summed E-state index contributed by atoms with van der Waals surface area (Å²) in [5.41, 5.74) is 4.23. The minimum Gasteiger partial charge on any atom is -0.346 e. The number of likely N-dealkylation sites (N-methyl/N-ethyl adjacent to an activating group) is 1. The molecular formula is C24H27N5O2. The first-order valence-corrected chi connectivity index (χ1v) is 10.3. The number of imidazole rings is 1. The van der Waals surface area contributed by atoms with E-state index in [1.807, 2.05) is 61.3 Å². The van der Waals surface area contributed by atoms with E-state index in [0.29, 0.717) is 6.54 Å². The molecule has 4 rings (SSSR count). The molecule has 7 nitrogen and oxygen atoms in total. The summed E-state index contributed by atoms with van der Waals surface area (Å²) in [6, 6.07) is 16.1. The smallest absolute Gasteiger partial charge is 0.309 e. The third kappa shape index (κ3) is 4.51. The van der Waals surface area contributed by atoms with E-state index in [2.05, 4.69) is 32.7 Å². The maximum Gasteiger partial charge on any atom is 0.309 e. The molecule has 0 bridgehead atoms. The van der Waals surface area contributed by atoms with Crippen LogP contribution in [-0.2, 0) is 29.0 Å². The molecule has 0 fully saturated rings. The fraction of sp³-hybridized carbons (Fsp3) is 0.292. The zero-order valence-electron chi connectivity index (χ0n) is 17.8. The number of hydrogen-bond donors (Lipinski definition) is 2. The molecule has 3 aromatic rings. The van der Waals surface area contributed by atoms with E-state index in [1.54, 1.807) is 12.5 Å². The summed E-state index contributed by atoms with van der Waals surface area (Å²) < 4.78 is 1.89. The molecule has 2 aromatic carbocycles. The molecule has 160 valence electrons. The Kier molecular flexibility index (Phi) is 5.86. The first-order valence-electron chi connectivity index (χ1n) is 10.3. The van der Waals surface area contributed by atoms with Gasteiger partial charge in [-0.25, -0.2) is 4.98 Å². The normalized spacial score (nSPS) is 14.3. The summed E-state index contributed by atoms with van der Waals surface area (Å²) in [6.45, 7) is 0.691. The lowest BCUT2D eigenvalue weighted by molar-refractivity contribution is -0.139. The third-order valence-corrected chi connectivity index (χ3v) is 6.06. The van der Waals surface area contributed by atoms with Crippen LogP contribution in [-0.4, -0.2) is 52.4 Å². The second-order valence-electron chi connectivity index (χ2n) is 8.25. The number of nitrogens with zero attached hydrogens (tertiary/aromatic N) is 3. The van der Waals surface area contributed by atoms with Crippen molar-refractivity contribution in [2.75, 3.05) is 20.6 Å². The molecule has 7 heteroatoms. The fourth-order valence-electron chi connectivity index (χ4n) is 4.10. The minimum atomic E-state index is -0.627. The van der Waals surface area contributed by atoms with Crippen LogP contribution in [0.1, 0.15) is 16.7 Å². The summed E-state index contributed by atoms with van der Waals surface area (Å²) in [5.74, 6) is -1.24. The van der Waals surface area contributed by atoms with E-state index in [1.165, 1.54) is 11.1 Å². The van der Waals surface area contributed by atoms with Crippen LogP contribution >= 0.6 is 0 Å².